The quantitative estimate of drug-likeness (QED) is 0.901. The van der Waals surface area contributed by atoms with Gasteiger partial charge in [-0.3, -0.25) is 0 Å². The van der Waals surface area contributed by atoms with Crippen molar-refractivity contribution in [3.8, 4) is 11.5 Å². The second-order valence-corrected chi connectivity index (χ2v) is 5.49. The summed E-state index contributed by atoms with van der Waals surface area (Å²) < 4.78 is 24.7. The van der Waals surface area contributed by atoms with E-state index in [-0.39, 0.29) is 5.82 Å². The average molecular weight is 355 g/mol. The Kier molecular flexibility index (Phi) is 4.85. The predicted octanol–water partition coefficient (Wildman–Crippen LogP) is 4.00. The van der Waals surface area contributed by atoms with Gasteiger partial charge in [0.2, 0.25) is 0 Å². The predicted molar refractivity (Wildman–Crippen MR) is 82.4 cm³/mol. The van der Waals surface area contributed by atoms with E-state index in [1.54, 1.807) is 31.2 Å². The van der Waals surface area contributed by atoms with Crippen molar-refractivity contribution >= 4 is 15.9 Å². The van der Waals surface area contributed by atoms with Crippen LogP contribution in [0.1, 0.15) is 22.8 Å². The summed E-state index contributed by atoms with van der Waals surface area (Å²) in [5, 5.41) is 10.5. The van der Waals surface area contributed by atoms with Gasteiger partial charge in [-0.1, -0.05) is 28.1 Å². The minimum absolute atomic E-state index is 0.344. The zero-order valence-corrected chi connectivity index (χ0v) is 13.6. The molecule has 0 aliphatic carbocycles. The fourth-order valence-electron chi connectivity index (χ4n) is 2.04. The molecule has 0 spiro atoms. The Bertz CT molecular complexity index is 658. The normalized spacial score (nSPS) is 12.1. The third-order valence-electron chi connectivity index (χ3n) is 3.31. The van der Waals surface area contributed by atoms with Crippen LogP contribution in [0.2, 0.25) is 0 Å². The second kappa shape index (κ2) is 6.45. The first kappa shape index (κ1) is 15.8. The number of hydrogen-bond acceptors (Lipinski definition) is 3. The molecule has 3 nitrogen and oxygen atoms in total. The van der Waals surface area contributed by atoms with Crippen molar-refractivity contribution < 1.29 is 19.0 Å². The van der Waals surface area contributed by atoms with Crippen molar-refractivity contribution in [2.45, 2.75) is 13.0 Å². The van der Waals surface area contributed by atoms with Gasteiger partial charge in [-0.25, -0.2) is 4.39 Å². The highest BCUT2D eigenvalue weighted by Gasteiger charge is 2.18. The summed E-state index contributed by atoms with van der Waals surface area (Å²) in [5.41, 5.74) is 1.60. The van der Waals surface area contributed by atoms with E-state index >= 15 is 0 Å². The lowest BCUT2D eigenvalue weighted by atomic mass is 10.00. The van der Waals surface area contributed by atoms with Gasteiger partial charge >= 0.3 is 0 Å². The number of benzene rings is 2. The van der Waals surface area contributed by atoms with E-state index in [4.69, 9.17) is 9.47 Å². The Morgan fingerprint density at radius 1 is 1.10 bits per heavy atom. The molecule has 0 bridgehead atoms. The maximum Gasteiger partial charge on any atom is 0.161 e. The van der Waals surface area contributed by atoms with Crippen LogP contribution in [-0.4, -0.2) is 19.3 Å². The van der Waals surface area contributed by atoms with Crippen LogP contribution in [0.25, 0.3) is 0 Å². The number of halogens is 2. The monoisotopic (exact) mass is 354 g/mol. The van der Waals surface area contributed by atoms with E-state index in [0.717, 1.165) is 0 Å². The highest BCUT2D eigenvalue weighted by Crippen LogP contribution is 2.38. The lowest BCUT2D eigenvalue weighted by molar-refractivity contribution is 0.218. The lowest BCUT2D eigenvalue weighted by Crippen LogP contribution is -2.03. The number of aryl methyl sites for hydroxylation is 1. The Hall–Kier alpha value is -1.59. The van der Waals surface area contributed by atoms with Crippen LogP contribution in [0.3, 0.4) is 0 Å². The van der Waals surface area contributed by atoms with Crippen molar-refractivity contribution in [3.63, 3.8) is 0 Å². The van der Waals surface area contributed by atoms with E-state index in [1.807, 2.05) is 0 Å². The van der Waals surface area contributed by atoms with Gasteiger partial charge in [0.25, 0.3) is 0 Å². The van der Waals surface area contributed by atoms with E-state index in [0.29, 0.717) is 32.7 Å². The molecule has 0 amide bonds. The topological polar surface area (TPSA) is 38.7 Å². The van der Waals surface area contributed by atoms with Crippen LogP contribution in [0, 0.1) is 12.7 Å². The summed E-state index contributed by atoms with van der Waals surface area (Å²) in [4.78, 5) is 0. The molecule has 2 rings (SSSR count). The molecule has 2 aromatic carbocycles. The number of rotatable bonds is 4. The van der Waals surface area contributed by atoms with E-state index < -0.39 is 6.10 Å². The third-order valence-corrected chi connectivity index (χ3v) is 4.00. The van der Waals surface area contributed by atoms with Crippen molar-refractivity contribution in [2.75, 3.05) is 14.2 Å². The molecule has 1 atom stereocenters. The number of aliphatic hydroxyl groups excluding tert-OH is 1. The molecule has 5 heteroatoms. The molecule has 0 fully saturated rings. The van der Waals surface area contributed by atoms with Crippen LogP contribution in [0.4, 0.5) is 4.39 Å². The summed E-state index contributed by atoms with van der Waals surface area (Å²) in [7, 11) is 3.06. The smallest absolute Gasteiger partial charge is 0.161 e. The highest BCUT2D eigenvalue weighted by molar-refractivity contribution is 9.10. The Labute approximate surface area is 131 Å². The van der Waals surface area contributed by atoms with Crippen molar-refractivity contribution in [3.05, 3.63) is 57.3 Å². The highest BCUT2D eigenvalue weighted by atomic mass is 79.9. The molecular formula is C16H16BrFO3. The van der Waals surface area contributed by atoms with Gasteiger partial charge in [0, 0.05) is 10.0 Å². The SMILES string of the molecule is COc1cc(Br)c(C(O)c2ccc(C)c(F)c2)cc1OC. The lowest BCUT2D eigenvalue weighted by Gasteiger charge is -2.17. The molecule has 112 valence electrons. The fraction of sp³-hybridized carbons (Fsp3) is 0.250. The Balaban J connectivity index is 2.47. The van der Waals surface area contributed by atoms with Crippen molar-refractivity contribution in [1.82, 2.24) is 0 Å². The fourth-order valence-corrected chi connectivity index (χ4v) is 2.58. The van der Waals surface area contributed by atoms with E-state index in [9.17, 15) is 9.50 Å². The van der Waals surface area contributed by atoms with Gasteiger partial charge in [-0.15, -0.1) is 0 Å². The summed E-state index contributed by atoms with van der Waals surface area (Å²) in [6, 6.07) is 8.06. The molecule has 1 unspecified atom stereocenters. The number of methoxy groups -OCH3 is 2. The van der Waals surface area contributed by atoms with Crippen LogP contribution in [0.15, 0.2) is 34.8 Å². The van der Waals surface area contributed by atoms with E-state index in [1.165, 1.54) is 20.3 Å². The van der Waals surface area contributed by atoms with Crippen LogP contribution in [-0.2, 0) is 0 Å². The molecule has 21 heavy (non-hydrogen) atoms. The standard InChI is InChI=1S/C16H16BrFO3/c1-9-4-5-10(6-13(9)18)16(19)11-7-14(20-2)15(21-3)8-12(11)17/h4-8,16,19H,1-3H3. The molecule has 0 aromatic heterocycles. The van der Waals surface area contributed by atoms with Gasteiger partial charge in [0.1, 0.15) is 11.9 Å². The average Bonchev–Trinajstić information content (AvgIpc) is 2.49. The minimum Gasteiger partial charge on any atom is -0.493 e. The maximum atomic E-state index is 13.7. The zero-order valence-electron chi connectivity index (χ0n) is 12.0. The second-order valence-electron chi connectivity index (χ2n) is 4.64. The van der Waals surface area contributed by atoms with Crippen molar-refractivity contribution in [1.29, 1.82) is 0 Å². The number of ether oxygens (including phenoxy) is 2. The summed E-state index contributed by atoms with van der Waals surface area (Å²) in [5.74, 6) is 0.709. The van der Waals surface area contributed by atoms with Gasteiger partial charge in [-0.05, 0) is 36.2 Å². The summed E-state index contributed by atoms with van der Waals surface area (Å²) >= 11 is 3.39. The van der Waals surface area contributed by atoms with Crippen LogP contribution in [0.5, 0.6) is 11.5 Å². The van der Waals surface area contributed by atoms with E-state index in [2.05, 4.69) is 15.9 Å². The van der Waals surface area contributed by atoms with Crippen molar-refractivity contribution in [2.24, 2.45) is 0 Å². The van der Waals surface area contributed by atoms with Crippen LogP contribution >= 0.6 is 15.9 Å². The van der Waals surface area contributed by atoms with Gasteiger partial charge < -0.3 is 14.6 Å². The van der Waals surface area contributed by atoms with Gasteiger partial charge in [0.15, 0.2) is 11.5 Å². The largest absolute Gasteiger partial charge is 0.493 e. The molecule has 1 N–H and O–H groups in total. The molecule has 0 saturated carbocycles. The molecule has 0 heterocycles. The Morgan fingerprint density at radius 2 is 1.71 bits per heavy atom. The first-order chi connectivity index (χ1) is 9.97. The minimum atomic E-state index is -0.964. The zero-order chi connectivity index (χ0) is 15.6. The van der Waals surface area contributed by atoms with Crippen LogP contribution < -0.4 is 9.47 Å². The molecule has 0 aliphatic rings. The Morgan fingerprint density at radius 3 is 2.29 bits per heavy atom. The third kappa shape index (κ3) is 3.19. The number of hydrogen-bond donors (Lipinski definition) is 1. The first-order valence-corrected chi connectivity index (χ1v) is 7.12. The molecule has 0 saturated heterocycles. The number of aliphatic hydroxyl groups is 1. The van der Waals surface area contributed by atoms with Gasteiger partial charge in [0.05, 0.1) is 14.2 Å². The summed E-state index contributed by atoms with van der Waals surface area (Å²) in [6.07, 6.45) is -0.964. The molecule has 2 aromatic rings. The first-order valence-electron chi connectivity index (χ1n) is 6.33. The molecular weight excluding hydrogens is 339 g/mol. The maximum absolute atomic E-state index is 13.7. The molecule has 0 radical (unpaired) electrons. The summed E-state index contributed by atoms with van der Waals surface area (Å²) in [6.45, 7) is 1.68. The van der Waals surface area contributed by atoms with Gasteiger partial charge in [-0.2, -0.15) is 0 Å². The molecule has 0 aliphatic heterocycles.